The number of carbonyl (C=O) groups is 1. The molecule has 1 fully saturated rings. The highest BCUT2D eigenvalue weighted by Crippen LogP contribution is 2.17. The van der Waals surface area contributed by atoms with Gasteiger partial charge in [-0.3, -0.25) is 4.79 Å². The molecule has 1 amide bonds. The highest BCUT2D eigenvalue weighted by Gasteiger charge is 2.29. The fraction of sp³-hybridized carbons (Fsp3) is 0.333. The van der Waals surface area contributed by atoms with Gasteiger partial charge in [0.15, 0.2) is 0 Å². The lowest BCUT2D eigenvalue weighted by Crippen LogP contribution is -2.50. The molecule has 0 radical (unpaired) electrons. The number of piperazine rings is 1. The van der Waals surface area contributed by atoms with Gasteiger partial charge in [-0.25, -0.2) is 21.6 Å². The van der Waals surface area contributed by atoms with Crippen LogP contribution in [0.2, 0.25) is 0 Å². The molecule has 0 aliphatic carbocycles. The van der Waals surface area contributed by atoms with Crippen molar-refractivity contribution in [3.8, 4) is 6.07 Å². The molecule has 9 nitrogen and oxygen atoms in total. The van der Waals surface area contributed by atoms with E-state index in [0.29, 0.717) is 5.56 Å². The van der Waals surface area contributed by atoms with Crippen LogP contribution in [-0.4, -0.2) is 64.7 Å². The number of nitriles is 1. The molecule has 1 aliphatic rings. The molecule has 32 heavy (non-hydrogen) atoms. The number of hydrogen-bond donors (Lipinski definition) is 1. The fourth-order valence-electron chi connectivity index (χ4n) is 3.35. The molecule has 170 valence electrons. The zero-order valence-electron chi connectivity index (χ0n) is 17.3. The van der Waals surface area contributed by atoms with E-state index in [1.165, 1.54) is 33.5 Å². The summed E-state index contributed by atoms with van der Waals surface area (Å²) in [4.78, 5) is 14.3. The molecule has 1 saturated heterocycles. The molecule has 0 saturated carbocycles. The van der Waals surface area contributed by atoms with Crippen LogP contribution in [0.1, 0.15) is 22.3 Å². The molecule has 1 aliphatic heterocycles. The summed E-state index contributed by atoms with van der Waals surface area (Å²) >= 11 is 0. The first-order valence-corrected chi connectivity index (χ1v) is 13.1. The van der Waals surface area contributed by atoms with Crippen LogP contribution in [0, 0.1) is 11.3 Å². The van der Waals surface area contributed by atoms with Crippen LogP contribution in [0.15, 0.2) is 59.5 Å². The molecule has 0 aromatic heterocycles. The predicted molar refractivity (Wildman–Crippen MR) is 118 cm³/mol. The molecule has 3 rings (SSSR count). The summed E-state index contributed by atoms with van der Waals surface area (Å²) in [6.07, 6.45) is 0.0370. The summed E-state index contributed by atoms with van der Waals surface area (Å²) in [6.45, 7) is 0.758. The number of hydrogen-bond acceptors (Lipinski definition) is 6. The second kappa shape index (κ2) is 10.2. The van der Waals surface area contributed by atoms with E-state index in [9.17, 15) is 21.6 Å². The molecule has 0 atom stereocenters. The van der Waals surface area contributed by atoms with Crippen molar-refractivity contribution in [3.63, 3.8) is 0 Å². The van der Waals surface area contributed by atoms with Crippen LogP contribution < -0.4 is 4.72 Å². The molecule has 1 heterocycles. The topological polar surface area (TPSA) is 128 Å². The molecule has 2 aromatic rings. The number of sulfonamides is 2. The highest BCUT2D eigenvalue weighted by atomic mass is 32.2. The molecule has 0 bridgehead atoms. The van der Waals surface area contributed by atoms with Crippen molar-refractivity contribution < 1.29 is 21.6 Å². The predicted octanol–water partition coefficient (Wildman–Crippen LogP) is 1.17. The van der Waals surface area contributed by atoms with Crippen LogP contribution in [0.5, 0.6) is 0 Å². The lowest BCUT2D eigenvalue weighted by Gasteiger charge is -2.34. The van der Waals surface area contributed by atoms with E-state index in [1.807, 2.05) is 12.1 Å². The maximum Gasteiger partial charge on any atom is 0.253 e. The maximum absolute atomic E-state index is 12.9. The van der Waals surface area contributed by atoms with Crippen molar-refractivity contribution in [1.82, 2.24) is 13.9 Å². The summed E-state index contributed by atoms with van der Waals surface area (Å²) in [7, 11) is -7.34. The van der Waals surface area contributed by atoms with Gasteiger partial charge < -0.3 is 4.90 Å². The Kier molecular flexibility index (Phi) is 7.63. The third-order valence-corrected chi connectivity index (χ3v) is 8.34. The van der Waals surface area contributed by atoms with Crippen molar-refractivity contribution in [1.29, 1.82) is 5.26 Å². The van der Waals surface area contributed by atoms with Gasteiger partial charge in [-0.2, -0.15) is 9.57 Å². The maximum atomic E-state index is 12.9. The lowest BCUT2D eigenvalue weighted by atomic mass is 10.2. The Hall–Kier alpha value is -2.78. The van der Waals surface area contributed by atoms with Gasteiger partial charge in [0, 0.05) is 44.7 Å². The van der Waals surface area contributed by atoms with E-state index in [4.69, 9.17) is 5.26 Å². The van der Waals surface area contributed by atoms with E-state index in [2.05, 4.69) is 4.72 Å². The summed E-state index contributed by atoms with van der Waals surface area (Å²) in [5, 5.41) is 8.56. The average molecular weight is 477 g/mol. The first-order valence-electron chi connectivity index (χ1n) is 10.0. The number of rotatable bonds is 8. The largest absolute Gasteiger partial charge is 0.336 e. The normalized spacial score (nSPS) is 15.3. The summed E-state index contributed by atoms with van der Waals surface area (Å²) in [5.41, 5.74) is 0.904. The zero-order valence-corrected chi connectivity index (χ0v) is 19.0. The highest BCUT2D eigenvalue weighted by molar-refractivity contribution is 7.89. The van der Waals surface area contributed by atoms with Crippen LogP contribution in [0.4, 0.5) is 0 Å². The van der Waals surface area contributed by atoms with Gasteiger partial charge in [-0.1, -0.05) is 36.4 Å². The monoisotopic (exact) mass is 476 g/mol. The van der Waals surface area contributed by atoms with Gasteiger partial charge in [-0.15, -0.1) is 0 Å². The number of carbonyl (C=O) groups excluding carboxylic acids is 1. The third kappa shape index (κ3) is 5.92. The Balaban J connectivity index is 1.64. The quantitative estimate of drug-likeness (QED) is 0.570. The smallest absolute Gasteiger partial charge is 0.253 e. The van der Waals surface area contributed by atoms with Crippen molar-refractivity contribution in [2.24, 2.45) is 0 Å². The van der Waals surface area contributed by atoms with Crippen LogP contribution in [-0.2, 0) is 25.8 Å². The van der Waals surface area contributed by atoms with Gasteiger partial charge in [0.2, 0.25) is 20.0 Å². The summed E-state index contributed by atoms with van der Waals surface area (Å²) in [5.74, 6) is -0.459. The minimum atomic E-state index is -3.84. The SMILES string of the molecule is N#CCCNS(=O)(=O)c1cccc(C(=O)N2CCN(S(=O)(=O)Cc3ccccc3)CC2)c1. The molecular formula is C21H24N4O5S2. The van der Waals surface area contributed by atoms with Crippen molar-refractivity contribution in [2.45, 2.75) is 17.1 Å². The first kappa shape index (κ1) is 23.9. The minimum Gasteiger partial charge on any atom is -0.336 e. The van der Waals surface area contributed by atoms with Crippen LogP contribution in [0.3, 0.4) is 0 Å². The van der Waals surface area contributed by atoms with Gasteiger partial charge >= 0.3 is 0 Å². The zero-order chi connectivity index (χ0) is 23.2. The summed E-state index contributed by atoms with van der Waals surface area (Å²) < 4.78 is 53.8. The Bertz CT molecular complexity index is 1200. The van der Waals surface area contributed by atoms with Crippen molar-refractivity contribution >= 4 is 26.0 Å². The Morgan fingerprint density at radius 3 is 2.31 bits per heavy atom. The lowest BCUT2D eigenvalue weighted by molar-refractivity contribution is 0.0697. The standard InChI is InChI=1S/C21H24N4O5S2/c22-10-5-11-23-32(29,30)20-9-4-8-19(16-20)21(26)24-12-14-25(15-13-24)31(27,28)17-18-6-2-1-3-7-18/h1-4,6-9,16,23H,5,11-15,17H2. The van der Waals surface area contributed by atoms with Crippen LogP contribution >= 0.6 is 0 Å². The fourth-order valence-corrected chi connectivity index (χ4v) is 5.94. The van der Waals surface area contributed by atoms with E-state index in [0.717, 1.165) is 0 Å². The molecule has 1 N–H and O–H groups in total. The molecular weight excluding hydrogens is 452 g/mol. The van der Waals surface area contributed by atoms with Crippen molar-refractivity contribution in [2.75, 3.05) is 32.7 Å². The van der Waals surface area contributed by atoms with Gasteiger partial charge in [0.1, 0.15) is 0 Å². The van der Waals surface area contributed by atoms with Gasteiger partial charge in [-0.05, 0) is 23.8 Å². The van der Waals surface area contributed by atoms with Crippen molar-refractivity contribution in [3.05, 3.63) is 65.7 Å². The number of benzene rings is 2. The third-order valence-electron chi connectivity index (χ3n) is 5.03. The number of amides is 1. The molecule has 0 spiro atoms. The number of nitrogens with zero attached hydrogens (tertiary/aromatic N) is 3. The van der Waals surface area contributed by atoms with Gasteiger partial charge in [0.25, 0.3) is 5.91 Å². The second-order valence-corrected chi connectivity index (χ2v) is 11.0. The Labute approximate surface area is 188 Å². The second-order valence-electron chi connectivity index (χ2n) is 7.27. The first-order chi connectivity index (χ1) is 15.2. The van der Waals surface area contributed by atoms with Crippen LogP contribution in [0.25, 0.3) is 0 Å². The van der Waals surface area contributed by atoms with E-state index in [1.54, 1.807) is 24.3 Å². The Morgan fingerprint density at radius 1 is 0.969 bits per heavy atom. The summed E-state index contributed by atoms with van der Waals surface area (Å²) in [6, 6.07) is 16.4. The van der Waals surface area contributed by atoms with Gasteiger partial charge in [0.05, 0.1) is 16.7 Å². The molecule has 11 heteroatoms. The van der Waals surface area contributed by atoms with E-state index >= 15 is 0 Å². The molecule has 2 aromatic carbocycles. The molecule has 0 unspecified atom stereocenters. The average Bonchev–Trinajstić information content (AvgIpc) is 2.79. The van der Waals surface area contributed by atoms with E-state index in [-0.39, 0.29) is 61.3 Å². The minimum absolute atomic E-state index is 0.0174. The van der Waals surface area contributed by atoms with E-state index < -0.39 is 20.0 Å². The number of nitrogens with one attached hydrogen (secondary N) is 1. The Morgan fingerprint density at radius 2 is 1.66 bits per heavy atom.